The van der Waals surface area contributed by atoms with Gasteiger partial charge in [-0.2, -0.15) is 5.26 Å². The van der Waals surface area contributed by atoms with Crippen LogP contribution in [0, 0.1) is 25.2 Å². The highest BCUT2D eigenvalue weighted by Crippen LogP contribution is 2.33. The van der Waals surface area contributed by atoms with E-state index in [1.165, 1.54) is 31.4 Å². The molecule has 2 aromatic rings. The van der Waals surface area contributed by atoms with Crippen molar-refractivity contribution in [2.75, 3.05) is 12.4 Å². The van der Waals surface area contributed by atoms with E-state index >= 15 is 0 Å². The normalized spacial score (nSPS) is 10.9. The van der Waals surface area contributed by atoms with Crippen molar-refractivity contribution >= 4 is 51.5 Å². The summed E-state index contributed by atoms with van der Waals surface area (Å²) >= 11 is 2.30. The van der Waals surface area contributed by atoms with Crippen LogP contribution in [0.1, 0.15) is 35.3 Å². The van der Waals surface area contributed by atoms with Crippen molar-refractivity contribution in [1.82, 2.24) is 0 Å². The fourth-order valence-corrected chi connectivity index (χ4v) is 4.04. The summed E-state index contributed by atoms with van der Waals surface area (Å²) < 4.78 is 4.70. The zero-order chi connectivity index (χ0) is 19.4. The number of amides is 2. The molecule has 0 aliphatic heterocycles. The van der Waals surface area contributed by atoms with Gasteiger partial charge in [0.2, 0.25) is 0 Å². The molecule has 0 aliphatic rings. The number of nitrogens with two attached hydrogens (primary N) is 1. The number of ether oxygens (including phenoxy) is 1. The number of aryl methyl sites for hydroxylation is 1. The second-order valence-corrected chi connectivity index (χ2v) is 7.53. The van der Waals surface area contributed by atoms with Gasteiger partial charge in [0.05, 0.1) is 17.6 Å². The standard InChI is InChI=1S/C17H15N3O4S2/c1-8-4-5-11(25-8)6-10(7-18)15(22)20-16-12(17(23)24-3)9(2)13(26-16)14(19)21/h4-6H,1-3H3,(H2,19,21)(H,20,22). The summed E-state index contributed by atoms with van der Waals surface area (Å²) in [5, 5.41) is 11.9. The third-order valence-corrected chi connectivity index (χ3v) is 5.57. The summed E-state index contributed by atoms with van der Waals surface area (Å²) in [6, 6.07) is 5.51. The van der Waals surface area contributed by atoms with E-state index in [0.717, 1.165) is 21.1 Å². The van der Waals surface area contributed by atoms with E-state index in [1.807, 2.05) is 19.1 Å². The lowest BCUT2D eigenvalue weighted by atomic mass is 10.1. The van der Waals surface area contributed by atoms with Gasteiger partial charge in [-0.05, 0) is 37.6 Å². The number of carbonyl (C=O) groups excluding carboxylic acids is 3. The summed E-state index contributed by atoms with van der Waals surface area (Å²) in [5.41, 5.74) is 5.54. The third kappa shape index (κ3) is 3.99. The van der Waals surface area contributed by atoms with Crippen molar-refractivity contribution in [2.24, 2.45) is 5.73 Å². The van der Waals surface area contributed by atoms with E-state index in [9.17, 15) is 19.6 Å². The Hall–Kier alpha value is -2.96. The number of rotatable bonds is 5. The van der Waals surface area contributed by atoms with Crippen LogP contribution in [0.3, 0.4) is 0 Å². The van der Waals surface area contributed by atoms with Gasteiger partial charge in [0, 0.05) is 9.75 Å². The minimum atomic E-state index is -0.719. The van der Waals surface area contributed by atoms with Crippen LogP contribution in [-0.2, 0) is 9.53 Å². The van der Waals surface area contributed by atoms with E-state index in [4.69, 9.17) is 10.5 Å². The average Bonchev–Trinajstić information content (AvgIpc) is 3.15. The van der Waals surface area contributed by atoms with Crippen LogP contribution in [0.4, 0.5) is 5.00 Å². The smallest absolute Gasteiger partial charge is 0.341 e. The Kier molecular flexibility index (Phi) is 5.92. The van der Waals surface area contributed by atoms with Gasteiger partial charge in [-0.15, -0.1) is 22.7 Å². The van der Waals surface area contributed by atoms with Crippen molar-refractivity contribution in [3.8, 4) is 6.07 Å². The van der Waals surface area contributed by atoms with Crippen LogP contribution in [0.2, 0.25) is 0 Å². The Morgan fingerprint density at radius 3 is 2.46 bits per heavy atom. The Morgan fingerprint density at radius 2 is 1.96 bits per heavy atom. The molecule has 0 fully saturated rings. The summed E-state index contributed by atoms with van der Waals surface area (Å²) in [4.78, 5) is 37.9. The fraction of sp³-hybridized carbons (Fsp3) is 0.176. The maximum Gasteiger partial charge on any atom is 0.341 e. The van der Waals surface area contributed by atoms with Crippen LogP contribution in [0.5, 0.6) is 0 Å². The lowest BCUT2D eigenvalue weighted by Gasteiger charge is -2.05. The number of nitrogens with zero attached hydrogens (tertiary/aromatic N) is 1. The first-order chi connectivity index (χ1) is 12.3. The van der Waals surface area contributed by atoms with Crippen LogP contribution in [-0.4, -0.2) is 24.9 Å². The van der Waals surface area contributed by atoms with Crippen molar-refractivity contribution in [3.63, 3.8) is 0 Å². The van der Waals surface area contributed by atoms with E-state index in [2.05, 4.69) is 5.32 Å². The minimum absolute atomic E-state index is 0.0453. The number of primary amides is 1. The molecule has 0 saturated heterocycles. The van der Waals surface area contributed by atoms with Crippen LogP contribution >= 0.6 is 22.7 Å². The van der Waals surface area contributed by atoms with Crippen molar-refractivity contribution in [2.45, 2.75) is 13.8 Å². The highest BCUT2D eigenvalue weighted by Gasteiger charge is 2.26. The molecule has 3 N–H and O–H groups in total. The maximum atomic E-state index is 12.4. The van der Waals surface area contributed by atoms with Gasteiger partial charge >= 0.3 is 5.97 Å². The number of esters is 1. The van der Waals surface area contributed by atoms with Crippen molar-refractivity contribution in [1.29, 1.82) is 5.26 Å². The summed E-state index contributed by atoms with van der Waals surface area (Å²) in [6.07, 6.45) is 1.46. The van der Waals surface area contributed by atoms with Gasteiger partial charge in [-0.1, -0.05) is 0 Å². The summed E-state index contributed by atoms with van der Waals surface area (Å²) in [6.45, 7) is 3.45. The van der Waals surface area contributed by atoms with Gasteiger partial charge in [0.1, 0.15) is 16.6 Å². The molecule has 0 saturated carbocycles. The second-order valence-electron chi connectivity index (χ2n) is 5.19. The van der Waals surface area contributed by atoms with Gasteiger partial charge in [0.15, 0.2) is 0 Å². The SMILES string of the molecule is COC(=O)c1c(NC(=O)C(C#N)=Cc2ccc(C)s2)sc(C(N)=O)c1C. The fourth-order valence-electron chi connectivity index (χ4n) is 2.18. The Balaban J connectivity index is 2.40. The van der Waals surface area contributed by atoms with Gasteiger partial charge < -0.3 is 15.8 Å². The molecule has 9 heteroatoms. The first-order valence-corrected chi connectivity index (χ1v) is 8.92. The lowest BCUT2D eigenvalue weighted by molar-refractivity contribution is -0.112. The van der Waals surface area contributed by atoms with Gasteiger partial charge in [0.25, 0.3) is 11.8 Å². The molecule has 2 amide bonds. The third-order valence-electron chi connectivity index (χ3n) is 3.40. The quantitative estimate of drug-likeness (QED) is 0.462. The predicted octanol–water partition coefficient (Wildman–Crippen LogP) is 2.86. The zero-order valence-corrected chi connectivity index (χ0v) is 15.8. The molecule has 0 atom stereocenters. The molecule has 2 heterocycles. The lowest BCUT2D eigenvalue weighted by Crippen LogP contribution is -2.15. The number of methoxy groups -OCH3 is 1. The number of nitrogens with one attached hydrogen (secondary N) is 1. The molecule has 0 spiro atoms. The van der Waals surface area contributed by atoms with Gasteiger partial charge in [-0.25, -0.2) is 4.79 Å². The van der Waals surface area contributed by atoms with Crippen LogP contribution < -0.4 is 11.1 Å². The number of hydrogen-bond donors (Lipinski definition) is 2. The largest absolute Gasteiger partial charge is 0.465 e. The highest BCUT2D eigenvalue weighted by atomic mass is 32.1. The second kappa shape index (κ2) is 7.95. The first kappa shape index (κ1) is 19.4. The number of anilines is 1. The molecule has 0 radical (unpaired) electrons. The van der Waals surface area contributed by atoms with E-state index in [1.54, 1.807) is 6.07 Å². The molecule has 0 bridgehead atoms. The van der Waals surface area contributed by atoms with E-state index in [-0.39, 0.29) is 21.0 Å². The van der Waals surface area contributed by atoms with E-state index in [0.29, 0.717) is 5.56 Å². The average molecular weight is 389 g/mol. The first-order valence-electron chi connectivity index (χ1n) is 7.29. The topological polar surface area (TPSA) is 122 Å². The van der Waals surface area contributed by atoms with Crippen LogP contribution in [0.25, 0.3) is 6.08 Å². The Bertz CT molecular complexity index is 963. The Labute approximate surface area is 157 Å². The molecular weight excluding hydrogens is 374 g/mol. The molecule has 26 heavy (non-hydrogen) atoms. The number of thiophene rings is 2. The minimum Gasteiger partial charge on any atom is -0.465 e. The van der Waals surface area contributed by atoms with Crippen molar-refractivity contribution < 1.29 is 19.1 Å². The maximum absolute atomic E-state index is 12.4. The summed E-state index contributed by atoms with van der Waals surface area (Å²) in [5.74, 6) is -2.12. The molecule has 0 aromatic carbocycles. The molecule has 0 aliphatic carbocycles. The van der Waals surface area contributed by atoms with E-state index < -0.39 is 17.8 Å². The number of nitriles is 1. The van der Waals surface area contributed by atoms with Crippen LogP contribution in [0.15, 0.2) is 17.7 Å². The zero-order valence-electron chi connectivity index (χ0n) is 14.2. The number of hydrogen-bond acceptors (Lipinski definition) is 7. The molecule has 7 nitrogen and oxygen atoms in total. The predicted molar refractivity (Wildman–Crippen MR) is 100 cm³/mol. The highest BCUT2D eigenvalue weighted by molar-refractivity contribution is 7.18. The molecule has 2 aromatic heterocycles. The molecular formula is C17H15N3O4S2. The molecule has 0 unspecified atom stereocenters. The molecule has 2 rings (SSSR count). The molecule has 134 valence electrons. The Morgan fingerprint density at radius 1 is 1.27 bits per heavy atom. The van der Waals surface area contributed by atoms with Gasteiger partial charge in [-0.3, -0.25) is 9.59 Å². The number of carbonyl (C=O) groups is 3. The summed E-state index contributed by atoms with van der Waals surface area (Å²) in [7, 11) is 1.19. The monoisotopic (exact) mass is 389 g/mol. The van der Waals surface area contributed by atoms with Crippen molar-refractivity contribution in [3.05, 3.63) is 43.5 Å².